The highest BCUT2D eigenvalue weighted by Gasteiger charge is 2.30. The van der Waals surface area contributed by atoms with Crippen molar-refractivity contribution in [2.24, 2.45) is 0 Å². The smallest absolute Gasteiger partial charge is 0.157 e. The normalized spacial score (nSPS) is 23.2. The Morgan fingerprint density at radius 1 is 1.47 bits per heavy atom. The van der Waals surface area contributed by atoms with E-state index in [1.165, 1.54) is 0 Å². The zero-order valence-electron chi connectivity index (χ0n) is 9.07. The van der Waals surface area contributed by atoms with E-state index in [1.54, 1.807) is 16.8 Å². The van der Waals surface area contributed by atoms with Crippen molar-refractivity contribution in [2.75, 3.05) is 17.2 Å². The lowest BCUT2D eigenvalue weighted by atomic mass is 10.1. The van der Waals surface area contributed by atoms with Gasteiger partial charge in [-0.2, -0.15) is 9.61 Å². The molecule has 0 amide bonds. The first-order chi connectivity index (χ1) is 8.05. The minimum absolute atomic E-state index is 0.0268. The van der Waals surface area contributed by atoms with Crippen LogP contribution < -0.4 is 5.73 Å². The summed E-state index contributed by atoms with van der Waals surface area (Å²) in [6.45, 7) is 0. The molecule has 6 nitrogen and oxygen atoms in total. The van der Waals surface area contributed by atoms with Gasteiger partial charge in [-0.3, -0.25) is 0 Å². The minimum Gasteiger partial charge on any atom is -0.384 e. The molecule has 0 radical (unpaired) electrons. The number of fused-ring (bicyclic) bond motifs is 1. The molecule has 0 aliphatic carbocycles. The third-order valence-corrected chi connectivity index (χ3v) is 4.82. The van der Waals surface area contributed by atoms with Crippen molar-refractivity contribution in [1.82, 2.24) is 14.6 Å². The molecule has 3 heterocycles. The summed E-state index contributed by atoms with van der Waals surface area (Å²) in [4.78, 5) is 4.14. The molecule has 17 heavy (non-hydrogen) atoms. The summed E-state index contributed by atoms with van der Waals surface area (Å²) >= 11 is 0. The Balaban J connectivity index is 2.05. The highest BCUT2D eigenvalue weighted by molar-refractivity contribution is 7.91. The maximum atomic E-state index is 11.4. The molecular weight excluding hydrogens is 240 g/mol. The summed E-state index contributed by atoms with van der Waals surface area (Å²) in [5.74, 6) is 0.897. The maximum Gasteiger partial charge on any atom is 0.157 e. The lowest BCUT2D eigenvalue weighted by Gasteiger charge is -2.01. The van der Waals surface area contributed by atoms with Gasteiger partial charge in [0.15, 0.2) is 15.5 Å². The molecule has 3 rings (SSSR count). The molecule has 7 heteroatoms. The average Bonchev–Trinajstić information content (AvgIpc) is 2.82. The van der Waals surface area contributed by atoms with Gasteiger partial charge in [0.1, 0.15) is 5.82 Å². The van der Waals surface area contributed by atoms with E-state index in [2.05, 4.69) is 10.1 Å². The van der Waals surface area contributed by atoms with Gasteiger partial charge in [-0.1, -0.05) is 0 Å². The topological polar surface area (TPSA) is 90.3 Å². The fourth-order valence-corrected chi connectivity index (χ4v) is 3.92. The van der Waals surface area contributed by atoms with Crippen molar-refractivity contribution in [3.8, 4) is 0 Å². The molecule has 1 unspecified atom stereocenters. The largest absolute Gasteiger partial charge is 0.384 e. The van der Waals surface area contributed by atoms with Crippen molar-refractivity contribution in [1.29, 1.82) is 0 Å². The van der Waals surface area contributed by atoms with Gasteiger partial charge in [0.2, 0.25) is 0 Å². The van der Waals surface area contributed by atoms with E-state index >= 15 is 0 Å². The molecule has 2 N–H and O–H groups in total. The number of nitrogens with two attached hydrogens (primary N) is 1. The second kappa shape index (κ2) is 3.43. The second-order valence-electron chi connectivity index (χ2n) is 4.31. The summed E-state index contributed by atoms with van der Waals surface area (Å²) < 4.78 is 24.4. The minimum atomic E-state index is -2.89. The van der Waals surface area contributed by atoms with E-state index in [4.69, 9.17) is 5.73 Å². The molecule has 0 saturated carbocycles. The van der Waals surface area contributed by atoms with Gasteiger partial charge in [0, 0.05) is 18.2 Å². The number of nitrogens with zero attached hydrogens (tertiary/aromatic N) is 3. The third kappa shape index (κ3) is 1.76. The fraction of sp³-hybridized carbons (Fsp3) is 0.400. The van der Waals surface area contributed by atoms with E-state index in [-0.39, 0.29) is 17.4 Å². The number of rotatable bonds is 1. The molecule has 0 bridgehead atoms. The summed E-state index contributed by atoms with van der Waals surface area (Å²) in [6, 6.07) is 3.47. The lowest BCUT2D eigenvalue weighted by molar-refractivity contribution is 0.601. The van der Waals surface area contributed by atoms with Crippen LogP contribution in [0.15, 0.2) is 18.3 Å². The van der Waals surface area contributed by atoms with Crippen LogP contribution in [0.2, 0.25) is 0 Å². The van der Waals surface area contributed by atoms with Gasteiger partial charge < -0.3 is 5.73 Å². The summed E-state index contributed by atoms with van der Waals surface area (Å²) in [5, 5.41) is 4.32. The Hall–Kier alpha value is -1.63. The Labute approximate surface area is 98.4 Å². The first-order valence-electron chi connectivity index (χ1n) is 5.36. The van der Waals surface area contributed by atoms with Crippen molar-refractivity contribution in [3.63, 3.8) is 0 Å². The van der Waals surface area contributed by atoms with Crippen LogP contribution in [0.25, 0.3) is 5.65 Å². The third-order valence-electron chi connectivity index (χ3n) is 3.06. The van der Waals surface area contributed by atoms with Gasteiger partial charge in [0.05, 0.1) is 17.2 Å². The van der Waals surface area contributed by atoms with Crippen molar-refractivity contribution >= 4 is 21.3 Å². The van der Waals surface area contributed by atoms with E-state index in [1.807, 2.05) is 6.07 Å². The summed E-state index contributed by atoms with van der Waals surface area (Å²) in [7, 11) is -2.89. The van der Waals surface area contributed by atoms with Crippen molar-refractivity contribution in [3.05, 3.63) is 24.0 Å². The van der Waals surface area contributed by atoms with Crippen LogP contribution >= 0.6 is 0 Å². The van der Waals surface area contributed by atoms with Crippen LogP contribution in [0.5, 0.6) is 0 Å². The average molecular weight is 252 g/mol. The van der Waals surface area contributed by atoms with Crippen LogP contribution in [0, 0.1) is 0 Å². The maximum absolute atomic E-state index is 11.4. The van der Waals surface area contributed by atoms with E-state index in [0.29, 0.717) is 17.9 Å². The van der Waals surface area contributed by atoms with Gasteiger partial charge in [-0.05, 0) is 12.5 Å². The molecule has 1 aliphatic rings. The first kappa shape index (κ1) is 10.5. The van der Waals surface area contributed by atoms with Gasteiger partial charge in [-0.15, -0.1) is 0 Å². The second-order valence-corrected chi connectivity index (χ2v) is 6.54. The van der Waals surface area contributed by atoms with Crippen molar-refractivity contribution in [2.45, 2.75) is 12.3 Å². The van der Waals surface area contributed by atoms with Crippen LogP contribution in [0.1, 0.15) is 18.0 Å². The van der Waals surface area contributed by atoms with E-state index in [9.17, 15) is 8.42 Å². The van der Waals surface area contributed by atoms with Gasteiger partial charge in [0.25, 0.3) is 0 Å². The van der Waals surface area contributed by atoms with Gasteiger partial charge >= 0.3 is 0 Å². The van der Waals surface area contributed by atoms with E-state index in [0.717, 1.165) is 5.69 Å². The van der Waals surface area contributed by atoms with E-state index < -0.39 is 9.84 Å². The number of anilines is 1. The Morgan fingerprint density at radius 3 is 2.94 bits per heavy atom. The molecular formula is C10H12N4O2S. The van der Waals surface area contributed by atoms with Crippen LogP contribution in [-0.4, -0.2) is 34.5 Å². The lowest BCUT2D eigenvalue weighted by Crippen LogP contribution is -2.05. The standard InChI is InChI=1S/C10H12N4O2S/c11-9-1-3-12-10-5-8(13-14(9)10)7-2-4-17(15,16)6-7/h1,3,5,7H,2,4,6,11H2. The number of nitrogen functional groups attached to an aromatic ring is 1. The summed E-state index contributed by atoms with van der Waals surface area (Å²) in [6.07, 6.45) is 2.24. The van der Waals surface area contributed by atoms with Crippen LogP contribution in [0.4, 0.5) is 5.82 Å². The van der Waals surface area contributed by atoms with Gasteiger partial charge in [-0.25, -0.2) is 13.4 Å². The highest BCUT2D eigenvalue weighted by Crippen LogP contribution is 2.28. The predicted octanol–water partition coefficient (Wildman–Crippen LogP) is 0.214. The number of sulfone groups is 1. The van der Waals surface area contributed by atoms with Crippen molar-refractivity contribution < 1.29 is 8.42 Å². The SMILES string of the molecule is Nc1ccnc2cc(C3CCS(=O)(=O)C3)nn12. The molecule has 0 aromatic carbocycles. The Morgan fingerprint density at radius 2 is 2.29 bits per heavy atom. The molecule has 1 atom stereocenters. The fourth-order valence-electron chi connectivity index (χ4n) is 2.16. The van der Waals surface area contributed by atoms with Crippen LogP contribution in [-0.2, 0) is 9.84 Å². The number of hydrogen-bond donors (Lipinski definition) is 1. The highest BCUT2D eigenvalue weighted by atomic mass is 32.2. The number of aromatic nitrogens is 3. The molecule has 2 aromatic heterocycles. The Bertz CT molecular complexity index is 677. The number of hydrogen-bond acceptors (Lipinski definition) is 5. The molecule has 90 valence electrons. The molecule has 1 saturated heterocycles. The monoisotopic (exact) mass is 252 g/mol. The Kier molecular flexibility index (Phi) is 2.12. The zero-order valence-corrected chi connectivity index (χ0v) is 9.89. The predicted molar refractivity (Wildman–Crippen MR) is 63.4 cm³/mol. The van der Waals surface area contributed by atoms with Crippen LogP contribution in [0.3, 0.4) is 0 Å². The molecule has 0 spiro atoms. The summed E-state index contributed by atoms with van der Waals surface area (Å²) in [5.41, 5.74) is 7.18. The molecule has 1 fully saturated rings. The molecule has 1 aliphatic heterocycles. The zero-order chi connectivity index (χ0) is 12.0. The quantitative estimate of drug-likeness (QED) is 0.783. The first-order valence-corrected chi connectivity index (χ1v) is 7.18. The molecule has 2 aromatic rings.